The number of ether oxygens (including phenoxy) is 2. The molecule has 1 atom stereocenters. The summed E-state index contributed by atoms with van der Waals surface area (Å²) in [5.74, 6) is -0.331. The number of hydrogen-bond acceptors (Lipinski definition) is 5. The molecule has 1 aromatic carbocycles. The van der Waals surface area contributed by atoms with Gasteiger partial charge in [0.15, 0.2) is 0 Å². The zero-order valence-electron chi connectivity index (χ0n) is 12.3. The van der Waals surface area contributed by atoms with Crippen LogP contribution >= 0.6 is 0 Å². The van der Waals surface area contributed by atoms with Crippen molar-refractivity contribution in [3.8, 4) is 5.75 Å². The van der Waals surface area contributed by atoms with Gasteiger partial charge in [-0.15, -0.1) is 0 Å². The highest BCUT2D eigenvalue weighted by molar-refractivity contribution is 5.73. The number of methoxy groups -OCH3 is 1. The number of amides is 1. The van der Waals surface area contributed by atoms with Crippen LogP contribution in [0.25, 0.3) is 0 Å². The first-order chi connectivity index (χ1) is 10.1. The van der Waals surface area contributed by atoms with Crippen LogP contribution in [0.2, 0.25) is 0 Å². The van der Waals surface area contributed by atoms with Crippen molar-refractivity contribution < 1.29 is 24.2 Å². The smallest absolute Gasteiger partial charge is 0.407 e. The molecule has 1 rings (SSSR count). The lowest BCUT2D eigenvalue weighted by Crippen LogP contribution is -2.31. The molecular weight excluding hydrogens is 274 g/mol. The Kier molecular flexibility index (Phi) is 7.08. The molecule has 0 bridgehead atoms. The summed E-state index contributed by atoms with van der Waals surface area (Å²) in [5.41, 5.74) is 0.686. The standard InChI is InChI=1S/C15H21NO5/c1-3-4-9-21-15(19)16-13(10-14(18)20-2)11-5-7-12(17)8-6-11/h5-8,13,17H,3-4,9-10H2,1-2H3,(H,16,19). The van der Waals surface area contributed by atoms with Crippen molar-refractivity contribution >= 4 is 12.1 Å². The summed E-state index contributed by atoms with van der Waals surface area (Å²) in [6.45, 7) is 2.33. The molecule has 0 saturated heterocycles. The van der Waals surface area contributed by atoms with Gasteiger partial charge in [0.2, 0.25) is 0 Å². The molecule has 0 fully saturated rings. The van der Waals surface area contributed by atoms with E-state index in [1.165, 1.54) is 19.2 Å². The Labute approximate surface area is 124 Å². The maximum absolute atomic E-state index is 11.7. The molecule has 2 N–H and O–H groups in total. The van der Waals surface area contributed by atoms with Crippen LogP contribution in [-0.2, 0) is 14.3 Å². The minimum Gasteiger partial charge on any atom is -0.508 e. The number of esters is 1. The molecule has 0 aliphatic rings. The van der Waals surface area contributed by atoms with Gasteiger partial charge in [-0.2, -0.15) is 0 Å². The minimum absolute atomic E-state index is 0.00977. The Morgan fingerprint density at radius 2 is 1.95 bits per heavy atom. The summed E-state index contributed by atoms with van der Waals surface area (Å²) in [7, 11) is 1.29. The van der Waals surface area contributed by atoms with Gasteiger partial charge in [-0.3, -0.25) is 4.79 Å². The van der Waals surface area contributed by atoms with Crippen molar-refractivity contribution in [2.45, 2.75) is 32.2 Å². The van der Waals surface area contributed by atoms with Gasteiger partial charge >= 0.3 is 12.1 Å². The fraction of sp³-hybridized carbons (Fsp3) is 0.467. The molecule has 6 heteroatoms. The first-order valence-electron chi connectivity index (χ1n) is 6.85. The molecule has 0 aromatic heterocycles. The molecular formula is C15H21NO5. The largest absolute Gasteiger partial charge is 0.508 e. The van der Waals surface area contributed by atoms with E-state index in [9.17, 15) is 14.7 Å². The Bertz CT molecular complexity index is 458. The average Bonchev–Trinajstić information content (AvgIpc) is 2.47. The van der Waals surface area contributed by atoms with E-state index >= 15 is 0 Å². The molecule has 0 saturated carbocycles. The summed E-state index contributed by atoms with van der Waals surface area (Å²) < 4.78 is 9.65. The van der Waals surface area contributed by atoms with Crippen LogP contribution in [0.15, 0.2) is 24.3 Å². The molecule has 1 aromatic rings. The van der Waals surface area contributed by atoms with Gasteiger partial charge in [-0.25, -0.2) is 4.79 Å². The third-order valence-electron chi connectivity index (χ3n) is 2.92. The van der Waals surface area contributed by atoms with Crippen LogP contribution in [-0.4, -0.2) is 30.9 Å². The van der Waals surface area contributed by atoms with E-state index in [-0.39, 0.29) is 12.2 Å². The lowest BCUT2D eigenvalue weighted by molar-refractivity contribution is -0.141. The van der Waals surface area contributed by atoms with Gasteiger partial charge in [0, 0.05) is 0 Å². The number of hydrogen-bond donors (Lipinski definition) is 2. The van der Waals surface area contributed by atoms with Crippen LogP contribution in [0.4, 0.5) is 4.79 Å². The van der Waals surface area contributed by atoms with E-state index in [4.69, 9.17) is 4.74 Å². The Hall–Kier alpha value is -2.24. The molecule has 0 aliphatic heterocycles. The normalized spacial score (nSPS) is 11.5. The molecule has 1 amide bonds. The van der Waals surface area contributed by atoms with Gasteiger partial charge in [0.05, 0.1) is 26.2 Å². The molecule has 116 valence electrons. The third-order valence-corrected chi connectivity index (χ3v) is 2.92. The van der Waals surface area contributed by atoms with E-state index in [0.29, 0.717) is 12.2 Å². The highest BCUT2D eigenvalue weighted by atomic mass is 16.5. The van der Waals surface area contributed by atoms with Gasteiger partial charge in [0.25, 0.3) is 0 Å². The summed E-state index contributed by atoms with van der Waals surface area (Å²) in [6.07, 6.45) is 1.13. The number of nitrogens with one attached hydrogen (secondary N) is 1. The second-order valence-corrected chi connectivity index (χ2v) is 4.56. The second kappa shape index (κ2) is 8.84. The van der Waals surface area contributed by atoms with E-state index in [1.54, 1.807) is 12.1 Å². The van der Waals surface area contributed by atoms with Gasteiger partial charge < -0.3 is 19.9 Å². The predicted octanol–water partition coefficient (Wildman–Crippen LogP) is 2.52. The van der Waals surface area contributed by atoms with E-state index in [1.807, 2.05) is 6.92 Å². The summed E-state index contributed by atoms with van der Waals surface area (Å²) in [6, 6.07) is 5.69. The second-order valence-electron chi connectivity index (χ2n) is 4.56. The van der Waals surface area contributed by atoms with Crippen molar-refractivity contribution in [3.05, 3.63) is 29.8 Å². The number of phenolic OH excluding ortho intramolecular Hbond substituents is 1. The van der Waals surface area contributed by atoms with Crippen LogP contribution < -0.4 is 5.32 Å². The molecule has 0 spiro atoms. The molecule has 0 aliphatic carbocycles. The summed E-state index contributed by atoms with van der Waals surface area (Å²) >= 11 is 0. The number of aromatic hydroxyl groups is 1. The number of carbonyl (C=O) groups excluding carboxylic acids is 2. The quantitative estimate of drug-likeness (QED) is 0.596. The highest BCUT2D eigenvalue weighted by Gasteiger charge is 2.19. The molecule has 0 radical (unpaired) electrons. The molecule has 21 heavy (non-hydrogen) atoms. The number of carbonyl (C=O) groups is 2. The topological polar surface area (TPSA) is 84.9 Å². The Morgan fingerprint density at radius 3 is 2.52 bits per heavy atom. The van der Waals surface area contributed by atoms with E-state index in [0.717, 1.165) is 12.8 Å². The molecule has 0 heterocycles. The number of benzene rings is 1. The number of unbranched alkanes of at least 4 members (excludes halogenated alkanes) is 1. The highest BCUT2D eigenvalue weighted by Crippen LogP contribution is 2.20. The lowest BCUT2D eigenvalue weighted by atomic mass is 10.0. The van der Waals surface area contributed by atoms with E-state index < -0.39 is 18.1 Å². The monoisotopic (exact) mass is 295 g/mol. The Morgan fingerprint density at radius 1 is 1.29 bits per heavy atom. The zero-order chi connectivity index (χ0) is 15.7. The van der Waals surface area contributed by atoms with Crippen molar-refractivity contribution in [1.82, 2.24) is 5.32 Å². The van der Waals surface area contributed by atoms with E-state index in [2.05, 4.69) is 10.1 Å². The molecule has 1 unspecified atom stereocenters. The van der Waals surface area contributed by atoms with Gasteiger partial charge in [-0.05, 0) is 24.1 Å². The number of phenols is 1. The first-order valence-corrected chi connectivity index (χ1v) is 6.85. The minimum atomic E-state index is -0.578. The van der Waals surface area contributed by atoms with Crippen LogP contribution in [0.3, 0.4) is 0 Å². The first kappa shape index (κ1) is 16.8. The van der Waals surface area contributed by atoms with Crippen molar-refractivity contribution in [2.24, 2.45) is 0 Å². The predicted molar refractivity (Wildman–Crippen MR) is 76.9 cm³/mol. The fourth-order valence-electron chi connectivity index (χ4n) is 1.70. The van der Waals surface area contributed by atoms with Gasteiger partial charge in [-0.1, -0.05) is 25.5 Å². The zero-order valence-corrected chi connectivity index (χ0v) is 12.3. The van der Waals surface area contributed by atoms with Crippen molar-refractivity contribution in [2.75, 3.05) is 13.7 Å². The summed E-state index contributed by atoms with van der Waals surface area (Å²) in [5, 5.41) is 11.9. The molecule has 6 nitrogen and oxygen atoms in total. The fourth-order valence-corrected chi connectivity index (χ4v) is 1.70. The average molecular weight is 295 g/mol. The maximum atomic E-state index is 11.7. The summed E-state index contributed by atoms with van der Waals surface area (Å²) in [4.78, 5) is 23.1. The van der Waals surface area contributed by atoms with Crippen LogP contribution in [0.5, 0.6) is 5.75 Å². The number of rotatable bonds is 7. The van der Waals surface area contributed by atoms with Crippen LogP contribution in [0.1, 0.15) is 37.8 Å². The van der Waals surface area contributed by atoms with Crippen molar-refractivity contribution in [1.29, 1.82) is 0 Å². The maximum Gasteiger partial charge on any atom is 0.407 e. The number of alkyl carbamates (subject to hydrolysis) is 1. The Balaban J connectivity index is 2.70. The van der Waals surface area contributed by atoms with Crippen molar-refractivity contribution in [3.63, 3.8) is 0 Å². The SMILES string of the molecule is CCCCOC(=O)NC(CC(=O)OC)c1ccc(O)cc1. The van der Waals surface area contributed by atoms with Gasteiger partial charge in [0.1, 0.15) is 5.75 Å². The lowest BCUT2D eigenvalue weighted by Gasteiger charge is -2.18. The third kappa shape index (κ3) is 6.16. The van der Waals surface area contributed by atoms with Crippen LogP contribution in [0, 0.1) is 0 Å².